The van der Waals surface area contributed by atoms with Gasteiger partial charge in [-0.1, -0.05) is 267 Å². The van der Waals surface area contributed by atoms with Crippen LogP contribution in [-0.2, 0) is 14.3 Å². The van der Waals surface area contributed by atoms with Gasteiger partial charge in [-0.05, 0) is 76.7 Å². The van der Waals surface area contributed by atoms with Gasteiger partial charge in [0.25, 0.3) is 0 Å². The molecule has 0 radical (unpaired) electrons. The maximum absolute atomic E-state index is 13.2. The quantitative estimate of drug-likeness (QED) is 0.0321. The first-order valence-electron chi connectivity index (χ1n) is 29.2. The summed E-state index contributed by atoms with van der Waals surface area (Å²) in [5.74, 6) is -0.633. The van der Waals surface area contributed by atoms with Gasteiger partial charge in [0, 0.05) is 6.42 Å². The highest BCUT2D eigenvalue weighted by molar-refractivity contribution is 5.78. The topological polar surface area (TPSA) is 95.9 Å². The second kappa shape index (κ2) is 55.2. The zero-order valence-electron chi connectivity index (χ0n) is 45.0. The largest absolute Gasteiger partial charge is 0.458 e. The molecule has 6 heteroatoms. The first kappa shape index (κ1) is 65.3. The standard InChI is InChI=1S/C62H111NO5/c1-4-7-10-13-16-19-22-25-28-30-32-34-37-40-43-46-49-52-55-62(67)68-58(53-50-47-44-41-38-35-27-24-21-18-15-12-9-6-3)56-61(66)63-59(57-64)60(65)54-51-48-45-42-39-36-33-31-29-26-23-20-17-14-11-8-5-2/h9,12,18,21,27,32,34-35,41,44,50,53,58-60,64-65H,4-8,10-11,13-17,19-20,22-26,28-31,33,36-40,42-43,45-49,51-52,54-57H2,1-3H3,(H,63,66)/b12-9+,21-18+,34-32+,35-27+,44-41+,53-50+. The molecule has 0 spiro atoms. The zero-order valence-corrected chi connectivity index (χ0v) is 45.0. The molecule has 0 heterocycles. The maximum atomic E-state index is 13.2. The number of hydrogen-bond donors (Lipinski definition) is 3. The molecule has 3 atom stereocenters. The van der Waals surface area contributed by atoms with Gasteiger partial charge in [-0.25, -0.2) is 0 Å². The van der Waals surface area contributed by atoms with Crippen LogP contribution in [-0.4, -0.2) is 46.9 Å². The van der Waals surface area contributed by atoms with Crippen LogP contribution in [0.3, 0.4) is 0 Å². The zero-order chi connectivity index (χ0) is 49.5. The van der Waals surface area contributed by atoms with Gasteiger partial charge in [0.05, 0.1) is 25.2 Å². The molecule has 3 unspecified atom stereocenters. The summed E-state index contributed by atoms with van der Waals surface area (Å²) in [4.78, 5) is 26.2. The van der Waals surface area contributed by atoms with E-state index in [4.69, 9.17) is 4.74 Å². The van der Waals surface area contributed by atoms with Crippen molar-refractivity contribution in [2.45, 2.75) is 302 Å². The molecule has 0 aliphatic rings. The van der Waals surface area contributed by atoms with Crippen molar-refractivity contribution < 1.29 is 24.5 Å². The number of carbonyl (C=O) groups is 2. The van der Waals surface area contributed by atoms with Gasteiger partial charge in [-0.2, -0.15) is 0 Å². The summed E-state index contributed by atoms with van der Waals surface area (Å²) in [6, 6.07) is -0.747. The number of rotatable bonds is 52. The van der Waals surface area contributed by atoms with Crippen LogP contribution in [0.4, 0.5) is 0 Å². The summed E-state index contributed by atoms with van der Waals surface area (Å²) in [6.45, 7) is 6.36. The monoisotopic (exact) mass is 950 g/mol. The SMILES string of the molecule is CC/C=C/C/C=C/C/C=C/C/C=C/C/C=C/C(CC(=O)NC(CO)C(O)CCCCCCCCCCCCCCCCCCC)OC(=O)CCCCCCC/C=C/CCCCCCCCCCC. The Morgan fingerprint density at radius 3 is 1.24 bits per heavy atom. The number of aliphatic hydroxyl groups is 2. The normalized spacial score (nSPS) is 13.7. The number of esters is 1. The van der Waals surface area contributed by atoms with E-state index in [0.717, 1.165) is 77.0 Å². The lowest BCUT2D eigenvalue weighted by Crippen LogP contribution is -2.46. The minimum Gasteiger partial charge on any atom is -0.458 e. The van der Waals surface area contributed by atoms with E-state index in [9.17, 15) is 19.8 Å². The average Bonchev–Trinajstić information content (AvgIpc) is 3.33. The Morgan fingerprint density at radius 1 is 0.456 bits per heavy atom. The summed E-state index contributed by atoms with van der Waals surface area (Å²) in [6.07, 6.45) is 71.5. The molecule has 0 rings (SSSR count). The second-order valence-corrected chi connectivity index (χ2v) is 19.7. The summed E-state index contributed by atoms with van der Waals surface area (Å²) < 4.78 is 5.84. The Bertz CT molecular complexity index is 1250. The highest BCUT2D eigenvalue weighted by atomic mass is 16.5. The van der Waals surface area contributed by atoms with E-state index in [1.165, 1.54) is 161 Å². The number of hydrogen-bond acceptors (Lipinski definition) is 5. The van der Waals surface area contributed by atoms with E-state index in [-0.39, 0.29) is 24.9 Å². The minimum absolute atomic E-state index is 0.0502. The lowest BCUT2D eigenvalue weighted by molar-refractivity contribution is -0.148. The first-order chi connectivity index (χ1) is 33.5. The molecular weight excluding hydrogens is 839 g/mol. The molecule has 0 aromatic heterocycles. The molecule has 6 nitrogen and oxygen atoms in total. The highest BCUT2D eigenvalue weighted by Gasteiger charge is 2.23. The van der Waals surface area contributed by atoms with Crippen LogP contribution in [0, 0.1) is 0 Å². The van der Waals surface area contributed by atoms with Crippen molar-refractivity contribution in [2.75, 3.05) is 6.61 Å². The third kappa shape index (κ3) is 49.7. The average molecular weight is 951 g/mol. The fraction of sp³-hybridized carbons (Fsp3) is 0.774. The van der Waals surface area contributed by atoms with Gasteiger partial charge >= 0.3 is 5.97 Å². The van der Waals surface area contributed by atoms with E-state index in [1.807, 2.05) is 6.08 Å². The number of aliphatic hydroxyl groups excluding tert-OH is 2. The van der Waals surface area contributed by atoms with Crippen LogP contribution in [0.2, 0.25) is 0 Å². The molecule has 1 amide bonds. The fourth-order valence-electron chi connectivity index (χ4n) is 8.62. The molecule has 0 aromatic rings. The van der Waals surface area contributed by atoms with E-state index in [0.29, 0.717) is 19.3 Å². The second-order valence-electron chi connectivity index (χ2n) is 19.7. The molecule has 0 saturated carbocycles. The molecule has 0 aliphatic carbocycles. The lowest BCUT2D eigenvalue weighted by atomic mass is 10.0. The molecule has 68 heavy (non-hydrogen) atoms. The maximum Gasteiger partial charge on any atom is 0.306 e. The smallest absolute Gasteiger partial charge is 0.306 e. The Labute approximate surface area is 421 Å². The van der Waals surface area contributed by atoms with E-state index < -0.39 is 18.2 Å². The van der Waals surface area contributed by atoms with Crippen molar-refractivity contribution in [1.82, 2.24) is 5.32 Å². The number of allylic oxidation sites excluding steroid dienone is 11. The molecule has 0 saturated heterocycles. The van der Waals surface area contributed by atoms with E-state index in [1.54, 1.807) is 6.08 Å². The van der Waals surface area contributed by atoms with Gasteiger partial charge in [-0.3, -0.25) is 9.59 Å². The number of amides is 1. The Balaban J connectivity index is 4.63. The van der Waals surface area contributed by atoms with Crippen LogP contribution < -0.4 is 5.32 Å². The molecule has 0 bridgehead atoms. The van der Waals surface area contributed by atoms with Crippen molar-refractivity contribution in [3.05, 3.63) is 72.9 Å². The summed E-state index contributed by atoms with van der Waals surface area (Å²) in [5.41, 5.74) is 0. The lowest BCUT2D eigenvalue weighted by Gasteiger charge is -2.23. The minimum atomic E-state index is -0.824. The Morgan fingerprint density at radius 2 is 0.824 bits per heavy atom. The van der Waals surface area contributed by atoms with Crippen LogP contribution in [0.15, 0.2) is 72.9 Å². The third-order valence-corrected chi connectivity index (χ3v) is 13.0. The van der Waals surface area contributed by atoms with Gasteiger partial charge in [0.15, 0.2) is 0 Å². The van der Waals surface area contributed by atoms with Crippen LogP contribution in [0.25, 0.3) is 0 Å². The Hall–Kier alpha value is -2.70. The molecule has 0 fully saturated rings. The fourth-order valence-corrected chi connectivity index (χ4v) is 8.62. The van der Waals surface area contributed by atoms with E-state index >= 15 is 0 Å². The summed E-state index contributed by atoms with van der Waals surface area (Å²) >= 11 is 0. The Kier molecular flexibility index (Phi) is 53.0. The van der Waals surface area contributed by atoms with Crippen molar-refractivity contribution in [2.24, 2.45) is 0 Å². The van der Waals surface area contributed by atoms with Gasteiger partial charge in [0.2, 0.25) is 5.91 Å². The number of carbonyl (C=O) groups excluding carboxylic acids is 2. The van der Waals surface area contributed by atoms with Crippen molar-refractivity contribution in [1.29, 1.82) is 0 Å². The molecule has 0 aromatic carbocycles. The predicted molar refractivity (Wildman–Crippen MR) is 296 cm³/mol. The van der Waals surface area contributed by atoms with Crippen LogP contribution in [0.1, 0.15) is 284 Å². The van der Waals surface area contributed by atoms with Crippen molar-refractivity contribution >= 4 is 11.9 Å². The molecular formula is C62H111NO5. The predicted octanol–water partition coefficient (Wildman–Crippen LogP) is 18.1. The van der Waals surface area contributed by atoms with Gasteiger partial charge in [0.1, 0.15) is 6.10 Å². The molecule has 0 aliphatic heterocycles. The molecule has 3 N–H and O–H groups in total. The third-order valence-electron chi connectivity index (χ3n) is 13.0. The van der Waals surface area contributed by atoms with Gasteiger partial charge in [-0.15, -0.1) is 0 Å². The van der Waals surface area contributed by atoms with Crippen LogP contribution >= 0.6 is 0 Å². The summed E-state index contributed by atoms with van der Waals surface area (Å²) in [7, 11) is 0. The van der Waals surface area contributed by atoms with Crippen LogP contribution in [0.5, 0.6) is 0 Å². The van der Waals surface area contributed by atoms with Crippen molar-refractivity contribution in [3.8, 4) is 0 Å². The summed E-state index contributed by atoms with van der Waals surface area (Å²) in [5, 5.41) is 23.8. The van der Waals surface area contributed by atoms with Crippen molar-refractivity contribution in [3.63, 3.8) is 0 Å². The van der Waals surface area contributed by atoms with E-state index in [2.05, 4.69) is 86.8 Å². The van der Waals surface area contributed by atoms with Gasteiger partial charge < -0.3 is 20.3 Å². The number of ether oxygens (including phenoxy) is 1. The number of nitrogens with one attached hydrogen (secondary N) is 1. The highest BCUT2D eigenvalue weighted by Crippen LogP contribution is 2.17. The molecule has 394 valence electrons. The number of unbranched alkanes of at least 4 members (excludes halogenated alkanes) is 30. The first-order valence-corrected chi connectivity index (χ1v) is 29.2.